The second kappa shape index (κ2) is 4.74. The molecular formula is C13H16FNO. The first kappa shape index (κ1) is 11.3. The SMILES string of the molecule is NCCC(=O)c1cc2c(cc1F)CCCC2. The Labute approximate surface area is 94.6 Å². The molecule has 0 amide bonds. The van der Waals surface area contributed by atoms with Crippen molar-refractivity contribution in [2.75, 3.05) is 6.54 Å². The Balaban J connectivity index is 2.35. The number of halogens is 1. The third-order valence-corrected chi connectivity index (χ3v) is 3.10. The molecule has 0 heterocycles. The summed E-state index contributed by atoms with van der Waals surface area (Å²) in [5, 5.41) is 0. The maximum Gasteiger partial charge on any atom is 0.167 e. The molecule has 86 valence electrons. The van der Waals surface area contributed by atoms with E-state index in [4.69, 9.17) is 5.73 Å². The second-order valence-electron chi connectivity index (χ2n) is 4.27. The van der Waals surface area contributed by atoms with Gasteiger partial charge in [-0.2, -0.15) is 0 Å². The molecule has 0 bridgehead atoms. The van der Waals surface area contributed by atoms with Crippen molar-refractivity contribution in [1.29, 1.82) is 0 Å². The van der Waals surface area contributed by atoms with E-state index in [0.717, 1.165) is 36.8 Å². The smallest absolute Gasteiger partial charge is 0.167 e. The summed E-state index contributed by atoms with van der Waals surface area (Å²) in [4.78, 5) is 11.6. The van der Waals surface area contributed by atoms with E-state index in [1.807, 2.05) is 0 Å². The van der Waals surface area contributed by atoms with Gasteiger partial charge in [0.15, 0.2) is 5.78 Å². The minimum Gasteiger partial charge on any atom is -0.330 e. The zero-order valence-electron chi connectivity index (χ0n) is 9.26. The Morgan fingerprint density at radius 3 is 2.50 bits per heavy atom. The van der Waals surface area contributed by atoms with Crippen molar-refractivity contribution >= 4 is 5.78 Å². The number of Topliss-reactive ketones (excluding diaryl/α,β-unsaturated/α-hetero) is 1. The van der Waals surface area contributed by atoms with Crippen molar-refractivity contribution in [3.8, 4) is 0 Å². The summed E-state index contributed by atoms with van der Waals surface area (Å²) in [7, 11) is 0. The third kappa shape index (κ3) is 2.14. The molecule has 2 nitrogen and oxygen atoms in total. The molecule has 1 aromatic rings. The zero-order valence-corrected chi connectivity index (χ0v) is 9.26. The standard InChI is InChI=1S/C13H16FNO/c14-12-8-10-4-2-1-3-9(10)7-11(12)13(16)5-6-15/h7-8H,1-6,15H2. The number of benzene rings is 1. The van der Waals surface area contributed by atoms with E-state index in [0.29, 0.717) is 0 Å². The Hall–Kier alpha value is -1.22. The first-order valence-corrected chi connectivity index (χ1v) is 5.77. The van der Waals surface area contributed by atoms with Crippen molar-refractivity contribution in [3.05, 3.63) is 34.6 Å². The molecule has 0 radical (unpaired) electrons. The number of aryl methyl sites for hydroxylation is 2. The monoisotopic (exact) mass is 221 g/mol. The molecule has 0 fully saturated rings. The van der Waals surface area contributed by atoms with Crippen LogP contribution in [0.15, 0.2) is 12.1 Å². The van der Waals surface area contributed by atoms with Gasteiger partial charge in [0.1, 0.15) is 5.82 Å². The lowest BCUT2D eigenvalue weighted by Crippen LogP contribution is -2.12. The maximum absolute atomic E-state index is 13.7. The second-order valence-corrected chi connectivity index (χ2v) is 4.27. The van der Waals surface area contributed by atoms with Crippen LogP contribution in [0, 0.1) is 5.82 Å². The molecule has 0 aliphatic heterocycles. The van der Waals surface area contributed by atoms with Gasteiger partial charge in [-0.1, -0.05) is 0 Å². The molecule has 0 atom stereocenters. The number of fused-ring (bicyclic) bond motifs is 1. The molecule has 0 aromatic heterocycles. The Bertz CT molecular complexity index is 415. The van der Waals surface area contributed by atoms with Crippen molar-refractivity contribution < 1.29 is 9.18 Å². The van der Waals surface area contributed by atoms with Gasteiger partial charge < -0.3 is 5.73 Å². The van der Waals surface area contributed by atoms with Gasteiger partial charge in [-0.3, -0.25) is 4.79 Å². The molecule has 0 saturated carbocycles. The van der Waals surface area contributed by atoms with Crippen LogP contribution in [0.25, 0.3) is 0 Å². The Morgan fingerprint density at radius 1 is 1.25 bits per heavy atom. The fourth-order valence-electron chi connectivity index (χ4n) is 2.24. The Morgan fingerprint density at radius 2 is 1.88 bits per heavy atom. The van der Waals surface area contributed by atoms with Gasteiger partial charge in [0, 0.05) is 6.42 Å². The summed E-state index contributed by atoms with van der Waals surface area (Å²) in [6, 6.07) is 3.25. The fraction of sp³-hybridized carbons (Fsp3) is 0.462. The summed E-state index contributed by atoms with van der Waals surface area (Å²) in [6.07, 6.45) is 4.34. The molecule has 1 aliphatic carbocycles. The van der Waals surface area contributed by atoms with Crippen LogP contribution in [-0.2, 0) is 12.8 Å². The summed E-state index contributed by atoms with van der Waals surface area (Å²) in [5.41, 5.74) is 7.72. The average molecular weight is 221 g/mol. The lowest BCUT2D eigenvalue weighted by molar-refractivity contribution is 0.0981. The van der Waals surface area contributed by atoms with Crippen LogP contribution < -0.4 is 5.73 Å². The minimum absolute atomic E-state index is 0.187. The van der Waals surface area contributed by atoms with Gasteiger partial charge in [-0.15, -0.1) is 0 Å². The van der Waals surface area contributed by atoms with Crippen LogP contribution >= 0.6 is 0 Å². The van der Waals surface area contributed by atoms with Crippen molar-refractivity contribution in [1.82, 2.24) is 0 Å². The highest BCUT2D eigenvalue weighted by Gasteiger charge is 2.17. The van der Waals surface area contributed by atoms with Gasteiger partial charge in [0.05, 0.1) is 5.56 Å². The van der Waals surface area contributed by atoms with Crippen LogP contribution in [-0.4, -0.2) is 12.3 Å². The number of carbonyl (C=O) groups excluding carboxylic acids is 1. The van der Waals surface area contributed by atoms with E-state index in [9.17, 15) is 9.18 Å². The highest BCUT2D eigenvalue weighted by Crippen LogP contribution is 2.24. The van der Waals surface area contributed by atoms with Crippen LogP contribution in [0.4, 0.5) is 4.39 Å². The largest absolute Gasteiger partial charge is 0.330 e. The number of hydrogen-bond acceptors (Lipinski definition) is 2. The van der Waals surface area contributed by atoms with E-state index in [2.05, 4.69) is 0 Å². The van der Waals surface area contributed by atoms with Crippen molar-refractivity contribution in [2.45, 2.75) is 32.1 Å². The quantitative estimate of drug-likeness (QED) is 0.795. The number of rotatable bonds is 3. The fourth-order valence-corrected chi connectivity index (χ4v) is 2.24. The Kier molecular flexibility index (Phi) is 3.34. The van der Waals surface area contributed by atoms with E-state index in [1.54, 1.807) is 6.07 Å². The molecule has 0 unspecified atom stereocenters. The first-order chi connectivity index (χ1) is 7.72. The molecule has 1 aromatic carbocycles. The predicted octanol–water partition coefficient (Wildman–Crippen LogP) is 2.24. The molecule has 2 rings (SSSR count). The van der Waals surface area contributed by atoms with Crippen LogP contribution in [0.3, 0.4) is 0 Å². The summed E-state index contributed by atoms with van der Waals surface area (Å²) >= 11 is 0. The average Bonchev–Trinajstić information content (AvgIpc) is 2.28. The minimum atomic E-state index is -0.390. The third-order valence-electron chi connectivity index (χ3n) is 3.10. The van der Waals surface area contributed by atoms with Crippen molar-refractivity contribution in [3.63, 3.8) is 0 Å². The highest BCUT2D eigenvalue weighted by atomic mass is 19.1. The van der Waals surface area contributed by atoms with Gasteiger partial charge in [-0.05, 0) is 55.5 Å². The van der Waals surface area contributed by atoms with E-state index in [1.165, 1.54) is 6.07 Å². The first-order valence-electron chi connectivity index (χ1n) is 5.77. The highest BCUT2D eigenvalue weighted by molar-refractivity contribution is 5.96. The molecular weight excluding hydrogens is 205 g/mol. The molecule has 1 aliphatic rings. The van der Waals surface area contributed by atoms with E-state index in [-0.39, 0.29) is 30.1 Å². The molecule has 0 saturated heterocycles. The van der Waals surface area contributed by atoms with Crippen LogP contribution in [0.5, 0.6) is 0 Å². The van der Waals surface area contributed by atoms with Gasteiger partial charge >= 0.3 is 0 Å². The molecule has 16 heavy (non-hydrogen) atoms. The van der Waals surface area contributed by atoms with Gasteiger partial charge in [0.25, 0.3) is 0 Å². The van der Waals surface area contributed by atoms with Crippen LogP contribution in [0.1, 0.15) is 40.7 Å². The van der Waals surface area contributed by atoms with Crippen molar-refractivity contribution in [2.24, 2.45) is 5.73 Å². The summed E-state index contributed by atoms with van der Waals surface area (Å²) in [5.74, 6) is -0.576. The molecule has 2 N–H and O–H groups in total. The normalized spacial score (nSPS) is 14.6. The topological polar surface area (TPSA) is 43.1 Å². The van der Waals surface area contributed by atoms with Gasteiger partial charge in [-0.25, -0.2) is 4.39 Å². The lowest BCUT2D eigenvalue weighted by atomic mass is 9.89. The van der Waals surface area contributed by atoms with Crippen LogP contribution in [0.2, 0.25) is 0 Å². The summed E-state index contributed by atoms with van der Waals surface area (Å²) in [6.45, 7) is 0.273. The zero-order chi connectivity index (χ0) is 11.5. The van der Waals surface area contributed by atoms with E-state index < -0.39 is 0 Å². The van der Waals surface area contributed by atoms with E-state index >= 15 is 0 Å². The number of ketones is 1. The maximum atomic E-state index is 13.7. The number of nitrogens with two attached hydrogens (primary N) is 1. The molecule has 3 heteroatoms. The number of hydrogen-bond donors (Lipinski definition) is 1. The summed E-state index contributed by atoms with van der Waals surface area (Å²) < 4.78 is 13.7. The molecule has 0 spiro atoms. The lowest BCUT2D eigenvalue weighted by Gasteiger charge is -2.16. The predicted molar refractivity (Wildman–Crippen MR) is 61.0 cm³/mol. The van der Waals surface area contributed by atoms with Gasteiger partial charge in [0.2, 0.25) is 0 Å². The number of carbonyl (C=O) groups is 1.